The molecular formula is C18H28FNO. The minimum absolute atomic E-state index is 0.154. The average molecular weight is 293 g/mol. The summed E-state index contributed by atoms with van der Waals surface area (Å²) in [6.45, 7) is 4.18. The molecule has 1 aliphatic rings. The molecule has 0 spiro atoms. The molecule has 2 nitrogen and oxygen atoms in total. The van der Waals surface area contributed by atoms with Gasteiger partial charge in [0.1, 0.15) is 5.82 Å². The first kappa shape index (κ1) is 16.4. The highest BCUT2D eigenvalue weighted by Gasteiger charge is 2.42. The number of hydrogen-bond acceptors (Lipinski definition) is 2. The van der Waals surface area contributed by atoms with Crippen LogP contribution in [0.25, 0.3) is 0 Å². The van der Waals surface area contributed by atoms with Crippen molar-refractivity contribution in [2.75, 3.05) is 14.1 Å². The summed E-state index contributed by atoms with van der Waals surface area (Å²) < 4.78 is 13.2. The van der Waals surface area contributed by atoms with Gasteiger partial charge in [0, 0.05) is 12.0 Å². The van der Waals surface area contributed by atoms with E-state index in [-0.39, 0.29) is 11.4 Å². The third kappa shape index (κ3) is 3.46. The van der Waals surface area contributed by atoms with Gasteiger partial charge in [0.05, 0.1) is 6.10 Å². The number of aliphatic hydroxyl groups is 1. The second-order valence-electron chi connectivity index (χ2n) is 6.99. The van der Waals surface area contributed by atoms with Crippen LogP contribution in [0, 0.1) is 18.7 Å². The first-order chi connectivity index (χ1) is 9.85. The summed E-state index contributed by atoms with van der Waals surface area (Å²) in [6, 6.07) is 4.85. The molecule has 21 heavy (non-hydrogen) atoms. The molecule has 2 rings (SSSR count). The van der Waals surface area contributed by atoms with E-state index in [0.29, 0.717) is 12.3 Å². The van der Waals surface area contributed by atoms with Gasteiger partial charge in [-0.15, -0.1) is 0 Å². The molecule has 1 aliphatic carbocycles. The fraction of sp³-hybridized carbons (Fsp3) is 0.667. The molecule has 1 aromatic carbocycles. The van der Waals surface area contributed by atoms with Crippen molar-refractivity contribution in [3.63, 3.8) is 0 Å². The number of halogens is 1. The first-order valence-electron chi connectivity index (χ1n) is 7.95. The lowest BCUT2D eigenvalue weighted by molar-refractivity contribution is -0.0425. The van der Waals surface area contributed by atoms with Crippen molar-refractivity contribution in [1.29, 1.82) is 0 Å². The monoisotopic (exact) mass is 293 g/mol. The zero-order valence-electron chi connectivity index (χ0n) is 13.7. The zero-order chi connectivity index (χ0) is 15.6. The Balaban J connectivity index is 2.21. The summed E-state index contributed by atoms with van der Waals surface area (Å²) in [7, 11) is 4.14. The van der Waals surface area contributed by atoms with Crippen LogP contribution in [-0.4, -0.2) is 35.7 Å². The highest BCUT2D eigenvalue weighted by atomic mass is 19.1. The van der Waals surface area contributed by atoms with E-state index in [1.54, 1.807) is 6.07 Å². The van der Waals surface area contributed by atoms with Gasteiger partial charge in [-0.05, 0) is 63.0 Å². The Bertz CT molecular complexity index is 488. The maximum absolute atomic E-state index is 13.2. The predicted octanol–water partition coefficient (Wildman–Crippen LogP) is 3.55. The van der Waals surface area contributed by atoms with Crippen molar-refractivity contribution < 1.29 is 9.50 Å². The van der Waals surface area contributed by atoms with Crippen LogP contribution in [-0.2, 0) is 6.42 Å². The minimum atomic E-state index is -0.417. The number of hydrogen-bond donors (Lipinski definition) is 1. The Morgan fingerprint density at radius 1 is 1.43 bits per heavy atom. The Morgan fingerprint density at radius 3 is 2.71 bits per heavy atom. The number of likely N-dealkylation sites (N-methyl/N-ethyl adjacent to an activating group) is 1. The van der Waals surface area contributed by atoms with Gasteiger partial charge < -0.3 is 10.0 Å². The summed E-state index contributed by atoms with van der Waals surface area (Å²) in [5.74, 6) is 0.435. The summed E-state index contributed by atoms with van der Waals surface area (Å²) in [4.78, 5) is 2.20. The van der Waals surface area contributed by atoms with E-state index in [0.717, 1.165) is 24.0 Å². The topological polar surface area (TPSA) is 23.5 Å². The third-order valence-corrected chi connectivity index (χ3v) is 5.24. The molecule has 0 amide bonds. The van der Waals surface area contributed by atoms with Crippen molar-refractivity contribution in [2.24, 2.45) is 5.92 Å². The summed E-state index contributed by atoms with van der Waals surface area (Å²) >= 11 is 0. The van der Waals surface area contributed by atoms with Crippen molar-refractivity contribution in [1.82, 2.24) is 4.90 Å². The molecule has 3 unspecified atom stereocenters. The Morgan fingerprint density at radius 2 is 2.14 bits per heavy atom. The van der Waals surface area contributed by atoms with Crippen LogP contribution in [0.4, 0.5) is 4.39 Å². The van der Waals surface area contributed by atoms with E-state index in [4.69, 9.17) is 0 Å². The predicted molar refractivity (Wildman–Crippen MR) is 84.9 cm³/mol. The maximum Gasteiger partial charge on any atom is 0.123 e. The van der Waals surface area contributed by atoms with Gasteiger partial charge >= 0.3 is 0 Å². The Labute approximate surface area is 128 Å². The van der Waals surface area contributed by atoms with Gasteiger partial charge in [-0.3, -0.25) is 0 Å². The van der Waals surface area contributed by atoms with Crippen LogP contribution < -0.4 is 0 Å². The highest BCUT2D eigenvalue weighted by molar-refractivity contribution is 5.28. The number of benzene rings is 1. The zero-order valence-corrected chi connectivity index (χ0v) is 13.7. The summed E-state index contributed by atoms with van der Waals surface area (Å²) in [5.41, 5.74) is 1.81. The lowest BCUT2D eigenvalue weighted by Crippen LogP contribution is -2.56. The SMILES string of the molecule is Cc1cc(F)ccc1CC(O)C1(N(C)C)CCCC(C)C1. The van der Waals surface area contributed by atoms with E-state index in [2.05, 4.69) is 25.9 Å². The largest absolute Gasteiger partial charge is 0.391 e. The molecule has 0 aliphatic heterocycles. The molecule has 0 aromatic heterocycles. The molecule has 0 bridgehead atoms. The van der Waals surface area contributed by atoms with Crippen molar-refractivity contribution in [3.05, 3.63) is 35.1 Å². The van der Waals surface area contributed by atoms with Gasteiger partial charge in [-0.1, -0.05) is 25.8 Å². The lowest BCUT2D eigenvalue weighted by Gasteiger charge is -2.48. The molecule has 1 N–H and O–H groups in total. The third-order valence-electron chi connectivity index (χ3n) is 5.24. The van der Waals surface area contributed by atoms with Gasteiger partial charge in [-0.25, -0.2) is 4.39 Å². The van der Waals surface area contributed by atoms with Crippen LogP contribution in [0.1, 0.15) is 43.7 Å². The maximum atomic E-state index is 13.2. The molecule has 118 valence electrons. The van der Waals surface area contributed by atoms with E-state index in [9.17, 15) is 9.50 Å². The second kappa shape index (κ2) is 6.45. The van der Waals surface area contributed by atoms with Crippen LogP contribution in [0.3, 0.4) is 0 Å². The van der Waals surface area contributed by atoms with Gasteiger partial charge in [-0.2, -0.15) is 0 Å². The molecule has 0 saturated heterocycles. The van der Waals surface area contributed by atoms with E-state index in [1.165, 1.54) is 18.9 Å². The quantitative estimate of drug-likeness (QED) is 0.917. The Hall–Kier alpha value is -0.930. The number of nitrogens with zero attached hydrogens (tertiary/aromatic N) is 1. The van der Waals surface area contributed by atoms with E-state index < -0.39 is 6.10 Å². The van der Waals surface area contributed by atoms with Gasteiger partial charge in [0.2, 0.25) is 0 Å². The summed E-state index contributed by atoms with van der Waals surface area (Å²) in [5, 5.41) is 10.9. The molecule has 1 aromatic rings. The first-order valence-corrected chi connectivity index (χ1v) is 7.95. The second-order valence-corrected chi connectivity index (χ2v) is 6.99. The minimum Gasteiger partial charge on any atom is -0.391 e. The van der Waals surface area contributed by atoms with E-state index in [1.807, 2.05) is 13.0 Å². The summed E-state index contributed by atoms with van der Waals surface area (Å²) in [6.07, 6.45) is 4.65. The number of aliphatic hydroxyl groups excluding tert-OH is 1. The molecule has 1 saturated carbocycles. The highest BCUT2D eigenvalue weighted by Crippen LogP contribution is 2.39. The van der Waals surface area contributed by atoms with Crippen LogP contribution in [0.2, 0.25) is 0 Å². The van der Waals surface area contributed by atoms with Crippen LogP contribution >= 0.6 is 0 Å². The molecule has 0 radical (unpaired) electrons. The van der Waals surface area contributed by atoms with E-state index >= 15 is 0 Å². The molecule has 1 fully saturated rings. The van der Waals surface area contributed by atoms with Crippen LogP contribution in [0.15, 0.2) is 18.2 Å². The standard InChI is InChI=1S/C18H28FNO/c1-13-6-5-9-18(12-13,20(3)4)17(21)11-15-7-8-16(19)10-14(15)2/h7-8,10,13,17,21H,5-6,9,11-12H2,1-4H3. The van der Waals surface area contributed by atoms with Crippen molar-refractivity contribution >= 4 is 0 Å². The van der Waals surface area contributed by atoms with Crippen LogP contribution in [0.5, 0.6) is 0 Å². The molecule has 0 heterocycles. The molecular weight excluding hydrogens is 265 g/mol. The lowest BCUT2D eigenvalue weighted by atomic mass is 9.71. The normalized spacial score (nSPS) is 27.9. The number of aryl methyl sites for hydroxylation is 1. The van der Waals surface area contributed by atoms with Crippen molar-refractivity contribution in [2.45, 2.75) is 57.6 Å². The smallest absolute Gasteiger partial charge is 0.123 e. The average Bonchev–Trinajstić information content (AvgIpc) is 2.41. The van der Waals surface area contributed by atoms with Crippen molar-refractivity contribution in [3.8, 4) is 0 Å². The fourth-order valence-electron chi connectivity index (χ4n) is 3.86. The number of rotatable bonds is 4. The molecule has 3 atom stereocenters. The van der Waals surface area contributed by atoms with Gasteiger partial charge in [0.15, 0.2) is 0 Å². The Kier molecular flexibility index (Phi) is 5.05. The molecule has 3 heteroatoms. The fourth-order valence-corrected chi connectivity index (χ4v) is 3.86. The van der Waals surface area contributed by atoms with Gasteiger partial charge in [0.25, 0.3) is 0 Å².